The van der Waals surface area contributed by atoms with Crippen molar-refractivity contribution in [3.8, 4) is 0 Å². The van der Waals surface area contributed by atoms with Crippen LogP contribution in [0.4, 0.5) is 4.79 Å². The largest absolute Gasteiger partial charge is 0.444 e. The first-order chi connectivity index (χ1) is 13.0. The third-order valence-electron chi connectivity index (χ3n) is 3.85. The summed E-state index contributed by atoms with van der Waals surface area (Å²) in [4.78, 5) is 18.4. The molecule has 0 radical (unpaired) electrons. The number of guanidine groups is 1. The predicted octanol–water partition coefficient (Wildman–Crippen LogP) is 2.86. The second-order valence-electron chi connectivity index (χ2n) is 8.24. The minimum absolute atomic E-state index is 0.378. The fourth-order valence-corrected chi connectivity index (χ4v) is 2.73. The van der Waals surface area contributed by atoms with Gasteiger partial charge in [0.1, 0.15) is 5.60 Å². The fourth-order valence-electron chi connectivity index (χ4n) is 2.73. The Hall–Kier alpha value is -2.25. The van der Waals surface area contributed by atoms with E-state index < -0.39 is 11.7 Å². The van der Waals surface area contributed by atoms with Crippen LogP contribution < -0.4 is 10.6 Å². The van der Waals surface area contributed by atoms with E-state index in [9.17, 15) is 4.79 Å². The molecular formula is C20H38N6O2. The van der Waals surface area contributed by atoms with Gasteiger partial charge in [-0.25, -0.2) is 4.79 Å². The molecule has 0 saturated heterocycles. The van der Waals surface area contributed by atoms with Gasteiger partial charge in [-0.3, -0.25) is 9.67 Å². The summed E-state index contributed by atoms with van der Waals surface area (Å²) in [6.45, 7) is 14.6. The molecule has 1 aromatic heterocycles. The number of aliphatic imine (C=N–C) groups is 1. The summed E-state index contributed by atoms with van der Waals surface area (Å²) in [6, 6.07) is 0. The van der Waals surface area contributed by atoms with Crippen LogP contribution >= 0.6 is 0 Å². The highest BCUT2D eigenvalue weighted by atomic mass is 16.6. The predicted molar refractivity (Wildman–Crippen MR) is 114 cm³/mol. The number of alkyl carbamates (subject to hydrolysis) is 1. The minimum atomic E-state index is -0.482. The van der Waals surface area contributed by atoms with E-state index >= 15 is 0 Å². The molecule has 0 aliphatic heterocycles. The van der Waals surface area contributed by atoms with Crippen LogP contribution in [-0.4, -0.2) is 59.0 Å². The Bertz CT molecular complexity index is 646. The van der Waals surface area contributed by atoms with Gasteiger partial charge in [0.2, 0.25) is 0 Å². The van der Waals surface area contributed by atoms with E-state index in [1.807, 2.05) is 39.5 Å². The molecule has 8 nitrogen and oxygen atoms in total. The number of nitrogens with one attached hydrogen (secondary N) is 2. The van der Waals surface area contributed by atoms with Gasteiger partial charge in [0.15, 0.2) is 5.96 Å². The SMILES string of the molecule is CCNC(=NCCCNC(=O)OC(C)(C)C)N(C)Cc1cn(C)nc1C(C)C. The van der Waals surface area contributed by atoms with Gasteiger partial charge < -0.3 is 20.3 Å². The molecule has 1 heterocycles. The number of nitrogens with zero attached hydrogens (tertiary/aromatic N) is 4. The van der Waals surface area contributed by atoms with Gasteiger partial charge in [-0.2, -0.15) is 5.10 Å². The molecule has 160 valence electrons. The topological polar surface area (TPSA) is 83.8 Å². The molecule has 8 heteroatoms. The number of rotatable bonds is 8. The van der Waals surface area contributed by atoms with Gasteiger partial charge in [0.05, 0.1) is 5.69 Å². The number of hydrogen-bond donors (Lipinski definition) is 2. The quantitative estimate of drug-likeness (QED) is 0.402. The Kier molecular flexibility index (Phi) is 9.28. The summed E-state index contributed by atoms with van der Waals surface area (Å²) in [5, 5.41) is 10.7. The maximum absolute atomic E-state index is 11.7. The second-order valence-corrected chi connectivity index (χ2v) is 8.24. The van der Waals surface area contributed by atoms with Gasteiger partial charge in [-0.05, 0) is 40.0 Å². The van der Waals surface area contributed by atoms with Crippen molar-refractivity contribution < 1.29 is 9.53 Å². The summed E-state index contributed by atoms with van der Waals surface area (Å²) < 4.78 is 7.09. The summed E-state index contributed by atoms with van der Waals surface area (Å²) >= 11 is 0. The van der Waals surface area contributed by atoms with E-state index in [0.29, 0.717) is 19.0 Å². The lowest BCUT2D eigenvalue weighted by atomic mass is 10.1. The number of hydrogen-bond acceptors (Lipinski definition) is 4. The minimum Gasteiger partial charge on any atom is -0.444 e. The van der Waals surface area contributed by atoms with Crippen LogP contribution in [0.15, 0.2) is 11.2 Å². The van der Waals surface area contributed by atoms with Gasteiger partial charge in [-0.1, -0.05) is 13.8 Å². The van der Waals surface area contributed by atoms with Crippen molar-refractivity contribution in [2.24, 2.45) is 12.0 Å². The number of carbonyl (C=O) groups is 1. The lowest BCUT2D eigenvalue weighted by Crippen LogP contribution is -2.39. The average Bonchev–Trinajstić information content (AvgIpc) is 2.92. The fraction of sp³-hybridized carbons (Fsp3) is 0.750. The van der Waals surface area contributed by atoms with E-state index in [2.05, 4.69) is 52.6 Å². The zero-order chi connectivity index (χ0) is 21.3. The number of amides is 1. The van der Waals surface area contributed by atoms with Crippen molar-refractivity contribution in [3.63, 3.8) is 0 Å². The summed E-state index contributed by atoms with van der Waals surface area (Å²) in [5.41, 5.74) is 1.84. The van der Waals surface area contributed by atoms with Crippen molar-refractivity contribution in [3.05, 3.63) is 17.5 Å². The average molecular weight is 395 g/mol. The first kappa shape index (κ1) is 23.8. The Morgan fingerprint density at radius 1 is 1.36 bits per heavy atom. The Morgan fingerprint density at radius 3 is 2.61 bits per heavy atom. The first-order valence-electron chi connectivity index (χ1n) is 10.0. The molecule has 0 aliphatic rings. The lowest BCUT2D eigenvalue weighted by Gasteiger charge is -2.22. The maximum atomic E-state index is 11.7. The van der Waals surface area contributed by atoms with Gasteiger partial charge >= 0.3 is 6.09 Å². The molecule has 28 heavy (non-hydrogen) atoms. The number of aryl methyl sites for hydroxylation is 1. The molecule has 0 bridgehead atoms. The Morgan fingerprint density at radius 2 is 2.04 bits per heavy atom. The van der Waals surface area contributed by atoms with Crippen molar-refractivity contribution in [2.75, 3.05) is 26.7 Å². The molecule has 0 aliphatic carbocycles. The third kappa shape index (κ3) is 8.63. The molecule has 0 unspecified atom stereocenters. The molecule has 2 N–H and O–H groups in total. The highest BCUT2D eigenvalue weighted by molar-refractivity contribution is 5.79. The molecule has 0 fully saturated rings. The number of carbonyl (C=O) groups excluding carboxylic acids is 1. The van der Waals surface area contributed by atoms with Crippen molar-refractivity contribution in [1.29, 1.82) is 0 Å². The second kappa shape index (κ2) is 10.9. The lowest BCUT2D eigenvalue weighted by molar-refractivity contribution is 0.0527. The van der Waals surface area contributed by atoms with E-state index in [4.69, 9.17) is 4.74 Å². The summed E-state index contributed by atoms with van der Waals surface area (Å²) in [6.07, 6.45) is 2.42. The van der Waals surface area contributed by atoms with E-state index in [1.165, 1.54) is 5.56 Å². The maximum Gasteiger partial charge on any atom is 0.407 e. The van der Waals surface area contributed by atoms with Crippen LogP contribution in [0.5, 0.6) is 0 Å². The zero-order valence-corrected chi connectivity index (χ0v) is 18.8. The number of aromatic nitrogens is 2. The van der Waals surface area contributed by atoms with Crippen LogP contribution in [0, 0.1) is 0 Å². The van der Waals surface area contributed by atoms with E-state index in [1.54, 1.807) is 0 Å². The van der Waals surface area contributed by atoms with Crippen molar-refractivity contribution in [2.45, 2.75) is 66.0 Å². The molecule has 0 atom stereocenters. The van der Waals surface area contributed by atoms with Crippen LogP contribution in [-0.2, 0) is 18.3 Å². The highest BCUT2D eigenvalue weighted by Gasteiger charge is 2.16. The molecule has 0 saturated carbocycles. The summed E-state index contributed by atoms with van der Waals surface area (Å²) in [7, 11) is 3.98. The van der Waals surface area contributed by atoms with Crippen LogP contribution in [0.2, 0.25) is 0 Å². The smallest absolute Gasteiger partial charge is 0.407 e. The Balaban J connectivity index is 2.58. The van der Waals surface area contributed by atoms with Crippen LogP contribution in [0.25, 0.3) is 0 Å². The molecule has 1 rings (SSSR count). The molecule has 0 spiro atoms. The molecular weight excluding hydrogens is 356 g/mol. The van der Waals surface area contributed by atoms with Gasteiger partial charge in [0, 0.05) is 52.0 Å². The van der Waals surface area contributed by atoms with Gasteiger partial charge in [-0.15, -0.1) is 0 Å². The zero-order valence-electron chi connectivity index (χ0n) is 18.8. The van der Waals surface area contributed by atoms with Crippen molar-refractivity contribution >= 4 is 12.1 Å². The summed E-state index contributed by atoms with van der Waals surface area (Å²) in [5.74, 6) is 1.22. The van der Waals surface area contributed by atoms with E-state index in [-0.39, 0.29) is 0 Å². The Labute approximate surface area is 169 Å². The van der Waals surface area contributed by atoms with Crippen LogP contribution in [0.1, 0.15) is 65.1 Å². The van der Waals surface area contributed by atoms with Crippen molar-refractivity contribution in [1.82, 2.24) is 25.3 Å². The molecule has 1 amide bonds. The first-order valence-corrected chi connectivity index (χ1v) is 10.0. The standard InChI is InChI=1S/C20H38N6O2/c1-9-21-18(22-11-10-12-23-19(27)28-20(4,5)6)25(7)13-16-14-26(8)24-17(16)15(2)3/h14-15H,9-13H2,1-8H3,(H,21,22)(H,23,27). The number of ether oxygens (including phenoxy) is 1. The van der Waals surface area contributed by atoms with E-state index in [0.717, 1.165) is 31.2 Å². The molecule has 0 aromatic carbocycles. The normalized spacial score (nSPS) is 12.2. The monoisotopic (exact) mass is 394 g/mol. The highest BCUT2D eigenvalue weighted by Crippen LogP contribution is 2.18. The molecule has 1 aromatic rings. The van der Waals surface area contributed by atoms with Crippen LogP contribution in [0.3, 0.4) is 0 Å². The van der Waals surface area contributed by atoms with Gasteiger partial charge in [0.25, 0.3) is 0 Å². The third-order valence-corrected chi connectivity index (χ3v) is 3.85.